The summed E-state index contributed by atoms with van der Waals surface area (Å²) in [6.07, 6.45) is -2.89. The van der Waals surface area contributed by atoms with Crippen LogP contribution in [0.4, 0.5) is 22.0 Å². The van der Waals surface area contributed by atoms with Crippen LogP contribution < -0.4 is 0 Å². The van der Waals surface area contributed by atoms with Crippen LogP contribution in [0.1, 0.15) is 37.0 Å². The molecule has 0 atom stereocenters. The molecule has 3 aromatic carbocycles. The molecule has 0 N–H and O–H groups in total. The normalized spacial score (nSPS) is 11.6. The molecule has 30 heavy (non-hydrogen) atoms. The summed E-state index contributed by atoms with van der Waals surface area (Å²) >= 11 is 0. The topological polar surface area (TPSA) is 0 Å². The average Bonchev–Trinajstić information content (AvgIpc) is 2.67. The molecule has 0 aromatic heterocycles. The zero-order chi connectivity index (χ0) is 22.1. The molecular weight excluding hydrogens is 395 g/mol. The Balaban J connectivity index is 2.04. The summed E-state index contributed by atoms with van der Waals surface area (Å²) in [5, 5.41) is 0. The zero-order valence-corrected chi connectivity index (χ0v) is 16.7. The Hall–Kier alpha value is -2.95. The molecule has 0 saturated heterocycles. The van der Waals surface area contributed by atoms with Crippen LogP contribution >= 0.6 is 0 Å². The van der Waals surface area contributed by atoms with E-state index in [1.807, 2.05) is 24.3 Å². The lowest BCUT2D eigenvalue weighted by molar-refractivity contribution is -0.140. The maximum absolute atomic E-state index is 14.9. The van der Waals surface area contributed by atoms with Gasteiger partial charge in [0.1, 0.15) is 11.6 Å². The van der Waals surface area contributed by atoms with Gasteiger partial charge in [-0.25, -0.2) is 8.78 Å². The first kappa shape index (κ1) is 21.8. The Morgan fingerprint density at radius 3 is 1.97 bits per heavy atom. The van der Waals surface area contributed by atoms with Gasteiger partial charge in [-0.15, -0.1) is 0 Å². The van der Waals surface area contributed by atoms with Gasteiger partial charge in [-0.05, 0) is 59.4 Å². The number of halogens is 5. The van der Waals surface area contributed by atoms with Gasteiger partial charge < -0.3 is 0 Å². The van der Waals surface area contributed by atoms with Crippen LogP contribution in [0, 0.1) is 11.6 Å². The van der Waals surface area contributed by atoms with Crippen molar-refractivity contribution in [2.24, 2.45) is 0 Å². The number of benzene rings is 3. The summed E-state index contributed by atoms with van der Waals surface area (Å²) in [6.45, 7) is 6.96. The highest BCUT2D eigenvalue weighted by Crippen LogP contribution is 2.39. The van der Waals surface area contributed by atoms with Crippen LogP contribution in [0.2, 0.25) is 0 Å². The minimum absolute atomic E-state index is 0.0245. The molecule has 5 heteroatoms. The predicted molar refractivity (Wildman–Crippen MR) is 111 cm³/mol. The van der Waals surface area contributed by atoms with E-state index in [4.69, 9.17) is 0 Å². The van der Waals surface area contributed by atoms with Gasteiger partial charge in [-0.1, -0.05) is 61.9 Å². The van der Waals surface area contributed by atoms with Crippen molar-refractivity contribution in [3.8, 4) is 22.3 Å². The van der Waals surface area contributed by atoms with E-state index in [0.29, 0.717) is 11.6 Å². The summed E-state index contributed by atoms with van der Waals surface area (Å²) < 4.78 is 68.9. The quantitative estimate of drug-likeness (QED) is 0.367. The van der Waals surface area contributed by atoms with Crippen molar-refractivity contribution in [2.75, 3.05) is 0 Å². The molecule has 0 aliphatic rings. The molecule has 0 spiro atoms. The fourth-order valence-electron chi connectivity index (χ4n) is 3.47. The van der Waals surface area contributed by atoms with Gasteiger partial charge >= 0.3 is 6.18 Å². The van der Waals surface area contributed by atoms with E-state index in [1.54, 1.807) is 6.07 Å². The number of hydrogen-bond acceptors (Lipinski definition) is 0. The van der Waals surface area contributed by atoms with E-state index in [2.05, 4.69) is 13.5 Å². The van der Waals surface area contributed by atoms with Crippen LogP contribution in [0.25, 0.3) is 27.8 Å². The molecule has 0 radical (unpaired) electrons. The molecule has 0 aliphatic heterocycles. The Morgan fingerprint density at radius 1 is 0.833 bits per heavy atom. The first-order chi connectivity index (χ1) is 14.1. The molecule has 0 unspecified atom stereocenters. The SMILES string of the molecule is C=C(C)c1cc(-c2ccc(-c3ccc(CCC)cc3)cc2F)cc(F)c1C(F)(F)F. The summed E-state index contributed by atoms with van der Waals surface area (Å²) in [5.41, 5.74) is 0.972. The van der Waals surface area contributed by atoms with Crippen molar-refractivity contribution in [1.82, 2.24) is 0 Å². The van der Waals surface area contributed by atoms with Crippen molar-refractivity contribution in [1.29, 1.82) is 0 Å². The molecular formula is C25H21F5. The van der Waals surface area contributed by atoms with Crippen molar-refractivity contribution < 1.29 is 22.0 Å². The zero-order valence-electron chi connectivity index (χ0n) is 16.7. The highest BCUT2D eigenvalue weighted by atomic mass is 19.4. The van der Waals surface area contributed by atoms with Gasteiger partial charge in [-0.3, -0.25) is 0 Å². The van der Waals surface area contributed by atoms with Crippen LogP contribution in [-0.2, 0) is 12.6 Å². The van der Waals surface area contributed by atoms with Crippen LogP contribution in [0.15, 0.2) is 61.2 Å². The van der Waals surface area contributed by atoms with Crippen LogP contribution in [0.5, 0.6) is 0 Å². The average molecular weight is 416 g/mol. The van der Waals surface area contributed by atoms with Crippen molar-refractivity contribution in [3.63, 3.8) is 0 Å². The largest absolute Gasteiger partial charge is 0.419 e. The van der Waals surface area contributed by atoms with Gasteiger partial charge in [0.25, 0.3) is 0 Å². The Kier molecular flexibility index (Phi) is 6.11. The highest BCUT2D eigenvalue weighted by Gasteiger charge is 2.37. The first-order valence-electron chi connectivity index (χ1n) is 9.57. The van der Waals surface area contributed by atoms with Crippen LogP contribution in [-0.4, -0.2) is 0 Å². The third kappa shape index (κ3) is 4.45. The van der Waals surface area contributed by atoms with Crippen molar-refractivity contribution in [3.05, 3.63) is 89.5 Å². The number of allylic oxidation sites excluding steroid dienone is 1. The van der Waals surface area contributed by atoms with Gasteiger partial charge in [0.2, 0.25) is 0 Å². The monoisotopic (exact) mass is 416 g/mol. The maximum Gasteiger partial charge on any atom is 0.419 e. The van der Waals surface area contributed by atoms with E-state index in [9.17, 15) is 22.0 Å². The second-order valence-electron chi connectivity index (χ2n) is 7.30. The Bertz CT molecular complexity index is 1080. The molecule has 0 aliphatic carbocycles. The van der Waals surface area contributed by atoms with Crippen molar-refractivity contribution >= 4 is 5.57 Å². The molecule has 0 saturated carbocycles. The number of aryl methyl sites for hydroxylation is 1. The van der Waals surface area contributed by atoms with Crippen molar-refractivity contribution in [2.45, 2.75) is 32.9 Å². The van der Waals surface area contributed by atoms with Gasteiger partial charge in [0.05, 0.1) is 5.56 Å². The minimum Gasteiger partial charge on any atom is -0.206 e. The number of rotatable bonds is 5. The van der Waals surface area contributed by atoms with Crippen LogP contribution in [0.3, 0.4) is 0 Å². The molecule has 3 rings (SSSR count). The van der Waals surface area contributed by atoms with E-state index < -0.39 is 23.4 Å². The second-order valence-corrected chi connectivity index (χ2v) is 7.30. The molecule has 0 heterocycles. The molecule has 156 valence electrons. The van der Waals surface area contributed by atoms with E-state index >= 15 is 0 Å². The second kappa shape index (κ2) is 8.42. The summed E-state index contributed by atoms with van der Waals surface area (Å²) in [7, 11) is 0. The van der Waals surface area contributed by atoms with Gasteiger partial charge in [-0.2, -0.15) is 13.2 Å². The summed E-state index contributed by atoms with van der Waals surface area (Å²) in [5.74, 6) is -2.09. The molecule has 0 amide bonds. The molecule has 0 fully saturated rings. The third-order valence-electron chi connectivity index (χ3n) is 4.94. The Morgan fingerprint density at radius 2 is 1.43 bits per heavy atom. The molecule has 0 nitrogen and oxygen atoms in total. The lowest BCUT2D eigenvalue weighted by Crippen LogP contribution is -2.12. The number of hydrogen-bond donors (Lipinski definition) is 0. The third-order valence-corrected chi connectivity index (χ3v) is 4.94. The lowest BCUT2D eigenvalue weighted by atomic mass is 9.93. The van der Waals surface area contributed by atoms with E-state index in [0.717, 1.165) is 24.5 Å². The smallest absolute Gasteiger partial charge is 0.206 e. The summed E-state index contributed by atoms with van der Waals surface area (Å²) in [4.78, 5) is 0. The first-order valence-corrected chi connectivity index (χ1v) is 9.57. The lowest BCUT2D eigenvalue weighted by Gasteiger charge is -2.16. The predicted octanol–water partition coefficient (Wildman–Crippen LogP) is 8.30. The highest BCUT2D eigenvalue weighted by molar-refractivity contribution is 5.76. The van der Waals surface area contributed by atoms with E-state index in [-0.39, 0.29) is 22.3 Å². The molecule has 0 bridgehead atoms. The standard InChI is InChI=1S/C25H21F5/c1-4-5-16-6-8-17(9-7-16)18-10-11-20(22(26)13-18)19-12-21(15(2)3)24(23(27)14-19)25(28,29)30/h6-14H,2,4-5H2,1,3H3. The number of alkyl halides is 3. The van der Waals surface area contributed by atoms with Gasteiger partial charge in [0.15, 0.2) is 0 Å². The Labute approximate surface area is 172 Å². The van der Waals surface area contributed by atoms with Gasteiger partial charge in [0, 0.05) is 5.56 Å². The maximum atomic E-state index is 14.9. The molecule has 3 aromatic rings. The fraction of sp³-hybridized carbons (Fsp3) is 0.200. The minimum atomic E-state index is -4.87. The fourth-order valence-corrected chi connectivity index (χ4v) is 3.47. The summed E-state index contributed by atoms with van der Waals surface area (Å²) in [6, 6.07) is 14.0. The van der Waals surface area contributed by atoms with E-state index in [1.165, 1.54) is 24.6 Å².